The molecule has 0 aliphatic carbocycles. The summed E-state index contributed by atoms with van der Waals surface area (Å²) in [6, 6.07) is 7.75. The lowest BCUT2D eigenvalue weighted by molar-refractivity contribution is 0.0439. The summed E-state index contributed by atoms with van der Waals surface area (Å²) in [6.45, 7) is -0.459. The lowest BCUT2D eigenvalue weighted by Gasteiger charge is -2.09. The third-order valence-electron chi connectivity index (χ3n) is 2.83. The van der Waals surface area contributed by atoms with E-state index in [1.54, 1.807) is 0 Å². The molecule has 0 aromatic heterocycles. The predicted octanol–water partition coefficient (Wildman–Crippen LogP) is 2.36. The maximum absolute atomic E-state index is 11.4. The van der Waals surface area contributed by atoms with E-state index in [1.807, 2.05) is 0 Å². The summed E-state index contributed by atoms with van der Waals surface area (Å²) in [6.07, 6.45) is -0.986. The minimum Gasteiger partial charge on any atom is -0.508 e. The maximum Gasteiger partial charge on any atom is 0.508 e. The van der Waals surface area contributed by atoms with Crippen LogP contribution < -0.4 is 0 Å². The number of phenols is 4. The normalized spacial score (nSPS) is 10.2. The Morgan fingerprint density at radius 2 is 1.18 bits per heavy atom. The van der Waals surface area contributed by atoms with Crippen LogP contribution in [0.5, 0.6) is 23.0 Å². The zero-order valence-electron chi connectivity index (χ0n) is 11.4. The molecule has 2 rings (SSSR count). The Balaban J connectivity index is 1.85. The highest BCUT2D eigenvalue weighted by Crippen LogP contribution is 2.24. The molecule has 0 radical (unpaired) electrons. The average molecular weight is 306 g/mol. The Labute approximate surface area is 125 Å². The number of aromatic hydroxyl groups is 4. The van der Waals surface area contributed by atoms with E-state index in [0.29, 0.717) is 11.1 Å². The molecule has 22 heavy (non-hydrogen) atoms. The molecule has 0 bridgehead atoms. The second-order valence-corrected chi connectivity index (χ2v) is 4.45. The summed E-state index contributed by atoms with van der Waals surface area (Å²) >= 11 is 0. The fourth-order valence-electron chi connectivity index (χ4n) is 1.66. The zero-order valence-corrected chi connectivity index (χ0v) is 11.4. The van der Waals surface area contributed by atoms with Crippen molar-refractivity contribution in [3.63, 3.8) is 0 Å². The molecule has 0 spiro atoms. The Kier molecular flexibility index (Phi) is 4.57. The monoisotopic (exact) mass is 306 g/mol. The smallest absolute Gasteiger partial charge is 0.508 e. The van der Waals surface area contributed by atoms with Crippen LogP contribution in [0.3, 0.4) is 0 Å². The van der Waals surface area contributed by atoms with Gasteiger partial charge in [-0.05, 0) is 24.3 Å². The molecule has 7 nitrogen and oxygen atoms in total. The van der Waals surface area contributed by atoms with Gasteiger partial charge in [-0.3, -0.25) is 0 Å². The van der Waals surface area contributed by atoms with Gasteiger partial charge in [-0.2, -0.15) is 0 Å². The highest BCUT2D eigenvalue weighted by atomic mass is 16.7. The van der Waals surface area contributed by atoms with Crippen molar-refractivity contribution in [3.8, 4) is 23.0 Å². The van der Waals surface area contributed by atoms with Crippen molar-refractivity contribution < 1.29 is 34.7 Å². The lowest BCUT2D eigenvalue weighted by Crippen LogP contribution is -2.07. The number of carbonyl (C=O) groups is 1. The topological polar surface area (TPSA) is 116 Å². The average Bonchev–Trinajstić information content (AvgIpc) is 2.45. The Bertz CT molecular complexity index is 624. The van der Waals surface area contributed by atoms with E-state index in [9.17, 15) is 15.0 Å². The summed E-state index contributed by atoms with van der Waals surface area (Å²) in [7, 11) is 0. The molecule has 0 amide bonds. The van der Waals surface area contributed by atoms with Crippen molar-refractivity contribution in [2.45, 2.75) is 13.2 Å². The van der Waals surface area contributed by atoms with Crippen molar-refractivity contribution in [2.75, 3.05) is 0 Å². The van der Waals surface area contributed by atoms with Gasteiger partial charge in [0.2, 0.25) is 0 Å². The summed E-state index contributed by atoms with van der Waals surface area (Å²) in [5.74, 6) is -0.619. The molecular weight excluding hydrogens is 292 g/mol. The number of rotatable bonds is 4. The van der Waals surface area contributed by atoms with Gasteiger partial charge in [0, 0.05) is 23.3 Å². The van der Waals surface area contributed by atoms with Crippen LogP contribution in [0.15, 0.2) is 36.4 Å². The fourth-order valence-corrected chi connectivity index (χ4v) is 1.66. The van der Waals surface area contributed by atoms with Crippen LogP contribution in [0.25, 0.3) is 0 Å². The third kappa shape index (κ3) is 3.95. The van der Waals surface area contributed by atoms with Crippen molar-refractivity contribution in [1.29, 1.82) is 0 Å². The largest absolute Gasteiger partial charge is 0.508 e. The molecule has 2 aromatic carbocycles. The van der Waals surface area contributed by atoms with Crippen LogP contribution in [-0.2, 0) is 22.7 Å². The third-order valence-corrected chi connectivity index (χ3v) is 2.83. The van der Waals surface area contributed by atoms with E-state index in [4.69, 9.17) is 19.7 Å². The number of benzene rings is 2. The first kappa shape index (κ1) is 15.3. The molecule has 0 aliphatic heterocycles. The Morgan fingerprint density at radius 3 is 1.55 bits per heavy atom. The van der Waals surface area contributed by atoms with E-state index in [0.717, 1.165) is 12.1 Å². The molecule has 2 aromatic rings. The fraction of sp³-hybridized carbons (Fsp3) is 0.133. The summed E-state index contributed by atoms with van der Waals surface area (Å²) in [5.41, 5.74) is 0.615. The van der Waals surface area contributed by atoms with Gasteiger partial charge in [-0.15, -0.1) is 0 Å². The van der Waals surface area contributed by atoms with E-state index in [1.165, 1.54) is 24.3 Å². The summed E-state index contributed by atoms with van der Waals surface area (Å²) in [5, 5.41) is 37.3. The van der Waals surface area contributed by atoms with Crippen LogP contribution in [0.1, 0.15) is 11.1 Å². The molecular formula is C15H14O7. The Morgan fingerprint density at radius 1 is 0.773 bits per heavy atom. The van der Waals surface area contributed by atoms with E-state index in [2.05, 4.69) is 0 Å². The van der Waals surface area contributed by atoms with Crippen molar-refractivity contribution in [2.24, 2.45) is 0 Å². The molecule has 0 aliphatic rings. The molecule has 0 atom stereocenters. The second-order valence-electron chi connectivity index (χ2n) is 4.45. The van der Waals surface area contributed by atoms with Crippen molar-refractivity contribution in [1.82, 2.24) is 0 Å². The standard InChI is InChI=1S/C15H14O7/c16-11-3-1-9(13(18)5-11)7-21-15(20)22-8-10-2-4-12(17)6-14(10)19/h1-6,16-19H,7-8H2. The SMILES string of the molecule is O=C(OCc1ccc(O)cc1O)OCc1ccc(O)cc1O. The first-order chi connectivity index (χ1) is 10.5. The second kappa shape index (κ2) is 6.57. The maximum atomic E-state index is 11.4. The van der Waals surface area contributed by atoms with Crippen LogP contribution in [0, 0.1) is 0 Å². The molecule has 0 unspecified atom stereocenters. The van der Waals surface area contributed by atoms with Gasteiger partial charge in [0.15, 0.2) is 0 Å². The van der Waals surface area contributed by atoms with Crippen molar-refractivity contribution >= 4 is 6.16 Å². The molecule has 4 N–H and O–H groups in total. The highest BCUT2D eigenvalue weighted by Gasteiger charge is 2.10. The lowest BCUT2D eigenvalue weighted by atomic mass is 10.2. The predicted molar refractivity (Wildman–Crippen MR) is 74.5 cm³/mol. The van der Waals surface area contributed by atoms with Crippen LogP contribution >= 0.6 is 0 Å². The highest BCUT2D eigenvalue weighted by molar-refractivity contribution is 5.60. The van der Waals surface area contributed by atoms with Gasteiger partial charge in [0.05, 0.1) is 0 Å². The molecule has 0 saturated heterocycles. The minimum absolute atomic E-state index is 0.105. The molecule has 116 valence electrons. The van der Waals surface area contributed by atoms with Crippen LogP contribution in [0.2, 0.25) is 0 Å². The number of carbonyl (C=O) groups excluding carboxylic acids is 1. The van der Waals surface area contributed by atoms with Gasteiger partial charge in [-0.25, -0.2) is 4.79 Å². The van der Waals surface area contributed by atoms with Gasteiger partial charge >= 0.3 is 6.16 Å². The summed E-state index contributed by atoms with van der Waals surface area (Å²) in [4.78, 5) is 11.4. The minimum atomic E-state index is -0.986. The van der Waals surface area contributed by atoms with Crippen LogP contribution in [0.4, 0.5) is 4.79 Å². The van der Waals surface area contributed by atoms with Gasteiger partial charge < -0.3 is 29.9 Å². The Hall–Kier alpha value is -3.09. The summed E-state index contributed by atoms with van der Waals surface area (Å²) < 4.78 is 9.60. The molecule has 0 heterocycles. The number of ether oxygens (including phenoxy) is 2. The van der Waals surface area contributed by atoms with Crippen LogP contribution in [-0.4, -0.2) is 26.6 Å². The molecule has 0 fully saturated rings. The van der Waals surface area contributed by atoms with Crippen molar-refractivity contribution in [3.05, 3.63) is 47.5 Å². The first-order valence-corrected chi connectivity index (χ1v) is 6.27. The molecule has 0 saturated carbocycles. The zero-order chi connectivity index (χ0) is 16.1. The number of hydrogen-bond acceptors (Lipinski definition) is 7. The van der Waals surface area contributed by atoms with E-state index in [-0.39, 0.29) is 36.2 Å². The van der Waals surface area contributed by atoms with E-state index < -0.39 is 6.16 Å². The first-order valence-electron chi connectivity index (χ1n) is 6.27. The van der Waals surface area contributed by atoms with Gasteiger partial charge in [-0.1, -0.05) is 0 Å². The molecule has 7 heteroatoms. The quantitative estimate of drug-likeness (QED) is 0.641. The van der Waals surface area contributed by atoms with Gasteiger partial charge in [0.25, 0.3) is 0 Å². The van der Waals surface area contributed by atoms with Gasteiger partial charge in [0.1, 0.15) is 36.2 Å². The number of phenolic OH excluding ortho intramolecular Hbond substituents is 4. The van der Waals surface area contributed by atoms with E-state index >= 15 is 0 Å². The number of hydrogen-bond donors (Lipinski definition) is 4.